The van der Waals surface area contributed by atoms with Crippen LogP contribution in [0.2, 0.25) is 0 Å². The van der Waals surface area contributed by atoms with Gasteiger partial charge in [0, 0.05) is 31.3 Å². The van der Waals surface area contributed by atoms with Gasteiger partial charge in [-0.3, -0.25) is 4.79 Å². The molecule has 0 atom stereocenters. The molecule has 3 rings (SSSR count). The average molecular weight is 257 g/mol. The van der Waals surface area contributed by atoms with Crippen LogP contribution in [0.4, 0.5) is 0 Å². The molecule has 1 amide bonds. The summed E-state index contributed by atoms with van der Waals surface area (Å²) in [6.45, 7) is 3.03. The van der Waals surface area contributed by atoms with Gasteiger partial charge in [0.25, 0.3) is 0 Å². The largest absolute Gasteiger partial charge is 0.361 e. The second-order valence-electron chi connectivity index (χ2n) is 5.09. The van der Waals surface area contributed by atoms with Crippen LogP contribution in [0, 0.1) is 0 Å². The molecule has 100 valence electrons. The summed E-state index contributed by atoms with van der Waals surface area (Å²) in [6.07, 6.45) is 4.24. The van der Waals surface area contributed by atoms with E-state index in [1.54, 1.807) is 0 Å². The Bertz CT molecular complexity index is 570. The second-order valence-corrected chi connectivity index (χ2v) is 5.09. The lowest BCUT2D eigenvalue weighted by atomic mass is 10.1. The Kier molecular flexibility index (Phi) is 3.51. The van der Waals surface area contributed by atoms with Gasteiger partial charge in [-0.05, 0) is 42.0 Å². The minimum absolute atomic E-state index is 0.222. The summed E-state index contributed by atoms with van der Waals surface area (Å²) >= 11 is 0. The normalized spacial score (nSPS) is 15.3. The van der Waals surface area contributed by atoms with Crippen LogP contribution in [0.25, 0.3) is 10.9 Å². The number of hydrogen-bond acceptors (Lipinski definition) is 2. The van der Waals surface area contributed by atoms with Crippen LogP contribution in [-0.2, 0) is 11.3 Å². The van der Waals surface area contributed by atoms with Crippen molar-refractivity contribution in [1.82, 2.24) is 15.2 Å². The van der Waals surface area contributed by atoms with Gasteiger partial charge in [0.05, 0.1) is 6.54 Å². The van der Waals surface area contributed by atoms with E-state index in [0.717, 1.165) is 38.0 Å². The highest BCUT2D eigenvalue weighted by Gasteiger charge is 2.16. The van der Waals surface area contributed by atoms with Crippen LogP contribution in [0.5, 0.6) is 0 Å². The Morgan fingerprint density at radius 1 is 1.26 bits per heavy atom. The van der Waals surface area contributed by atoms with Crippen molar-refractivity contribution in [3.05, 3.63) is 36.0 Å². The standard InChI is InChI=1S/C15H19N3O/c19-15(18-7-1-2-8-18)11-16-10-12-3-4-14-13(9-12)5-6-17-14/h3-6,9,16-17H,1-2,7-8,10-11H2. The van der Waals surface area contributed by atoms with Gasteiger partial charge < -0.3 is 15.2 Å². The molecule has 2 aromatic rings. The molecular formula is C15H19N3O. The Hall–Kier alpha value is -1.81. The molecule has 0 spiro atoms. The predicted molar refractivity (Wildman–Crippen MR) is 75.8 cm³/mol. The summed E-state index contributed by atoms with van der Waals surface area (Å²) in [4.78, 5) is 17.0. The van der Waals surface area contributed by atoms with E-state index in [9.17, 15) is 4.79 Å². The number of benzene rings is 1. The Balaban J connectivity index is 1.52. The maximum Gasteiger partial charge on any atom is 0.236 e. The topological polar surface area (TPSA) is 48.1 Å². The zero-order chi connectivity index (χ0) is 13.1. The van der Waals surface area contributed by atoms with Gasteiger partial charge in [0.1, 0.15) is 0 Å². The third-order valence-corrected chi connectivity index (χ3v) is 3.68. The molecule has 4 nitrogen and oxygen atoms in total. The van der Waals surface area contributed by atoms with Crippen LogP contribution in [0.3, 0.4) is 0 Å². The number of nitrogens with one attached hydrogen (secondary N) is 2. The van der Waals surface area contributed by atoms with E-state index in [2.05, 4.69) is 34.6 Å². The van der Waals surface area contributed by atoms with Crippen molar-refractivity contribution in [3.8, 4) is 0 Å². The van der Waals surface area contributed by atoms with E-state index < -0.39 is 0 Å². The smallest absolute Gasteiger partial charge is 0.236 e. The van der Waals surface area contributed by atoms with Crippen LogP contribution in [-0.4, -0.2) is 35.4 Å². The van der Waals surface area contributed by atoms with Crippen molar-refractivity contribution >= 4 is 16.8 Å². The Morgan fingerprint density at radius 2 is 2.11 bits per heavy atom. The molecular weight excluding hydrogens is 238 g/mol. The molecule has 2 heterocycles. The third kappa shape index (κ3) is 2.79. The maximum atomic E-state index is 11.9. The van der Waals surface area contributed by atoms with Gasteiger partial charge in [0.15, 0.2) is 0 Å². The molecule has 2 N–H and O–H groups in total. The number of H-pyrrole nitrogens is 1. The van der Waals surface area contributed by atoms with Crippen molar-refractivity contribution < 1.29 is 4.79 Å². The van der Waals surface area contributed by atoms with Gasteiger partial charge in [-0.2, -0.15) is 0 Å². The number of rotatable bonds is 4. The average Bonchev–Trinajstić information content (AvgIpc) is 3.09. The molecule has 4 heteroatoms. The third-order valence-electron chi connectivity index (χ3n) is 3.68. The van der Waals surface area contributed by atoms with Crippen molar-refractivity contribution in [2.45, 2.75) is 19.4 Å². The predicted octanol–water partition coefficient (Wildman–Crippen LogP) is 1.88. The van der Waals surface area contributed by atoms with Gasteiger partial charge in [-0.25, -0.2) is 0 Å². The highest BCUT2D eigenvalue weighted by molar-refractivity contribution is 5.80. The number of hydrogen-bond donors (Lipinski definition) is 2. The SMILES string of the molecule is O=C(CNCc1ccc2[nH]ccc2c1)N1CCCC1. The molecule has 0 radical (unpaired) electrons. The fourth-order valence-electron chi connectivity index (χ4n) is 2.60. The lowest BCUT2D eigenvalue weighted by Crippen LogP contribution is -2.35. The first-order valence-electron chi connectivity index (χ1n) is 6.87. The Morgan fingerprint density at radius 3 is 2.95 bits per heavy atom. The van der Waals surface area contributed by atoms with Gasteiger partial charge >= 0.3 is 0 Å². The van der Waals surface area contributed by atoms with E-state index in [-0.39, 0.29) is 5.91 Å². The van der Waals surface area contributed by atoms with Crippen LogP contribution in [0.1, 0.15) is 18.4 Å². The first-order chi connectivity index (χ1) is 9.33. The van der Waals surface area contributed by atoms with Gasteiger partial charge in [0.2, 0.25) is 5.91 Å². The summed E-state index contributed by atoms with van der Waals surface area (Å²) < 4.78 is 0. The monoisotopic (exact) mass is 257 g/mol. The van der Waals surface area contributed by atoms with E-state index in [0.29, 0.717) is 6.54 Å². The first kappa shape index (κ1) is 12.2. The zero-order valence-electron chi connectivity index (χ0n) is 11.0. The molecule has 0 saturated carbocycles. The summed E-state index contributed by atoms with van der Waals surface area (Å²) in [6, 6.07) is 8.38. The van der Waals surface area contributed by atoms with Crippen LogP contribution >= 0.6 is 0 Å². The number of aromatic amines is 1. The molecule has 19 heavy (non-hydrogen) atoms. The lowest BCUT2D eigenvalue weighted by Gasteiger charge is -2.15. The minimum atomic E-state index is 0.222. The number of nitrogens with zero attached hydrogens (tertiary/aromatic N) is 1. The highest BCUT2D eigenvalue weighted by Crippen LogP contribution is 2.14. The van der Waals surface area contributed by atoms with E-state index >= 15 is 0 Å². The molecule has 0 unspecified atom stereocenters. The lowest BCUT2D eigenvalue weighted by molar-refractivity contribution is -0.129. The molecule has 1 aromatic heterocycles. The zero-order valence-corrected chi connectivity index (χ0v) is 11.0. The van der Waals surface area contributed by atoms with Crippen LogP contribution < -0.4 is 5.32 Å². The molecule has 1 aromatic carbocycles. The number of carbonyl (C=O) groups excluding carboxylic acids is 1. The van der Waals surface area contributed by atoms with Crippen LogP contribution in [0.15, 0.2) is 30.5 Å². The number of aromatic nitrogens is 1. The Labute approximate surface area is 112 Å². The van der Waals surface area contributed by atoms with Crippen molar-refractivity contribution in [2.75, 3.05) is 19.6 Å². The van der Waals surface area contributed by atoms with Crippen molar-refractivity contribution in [2.24, 2.45) is 0 Å². The molecule has 0 aliphatic carbocycles. The van der Waals surface area contributed by atoms with Gasteiger partial charge in [-0.1, -0.05) is 6.07 Å². The van der Waals surface area contributed by atoms with E-state index in [4.69, 9.17) is 0 Å². The number of amides is 1. The number of likely N-dealkylation sites (tertiary alicyclic amines) is 1. The summed E-state index contributed by atoms with van der Waals surface area (Å²) in [5.74, 6) is 0.222. The fourth-order valence-corrected chi connectivity index (χ4v) is 2.60. The first-order valence-corrected chi connectivity index (χ1v) is 6.87. The maximum absolute atomic E-state index is 11.9. The minimum Gasteiger partial charge on any atom is -0.361 e. The quantitative estimate of drug-likeness (QED) is 0.878. The number of carbonyl (C=O) groups is 1. The molecule has 1 fully saturated rings. The summed E-state index contributed by atoms with van der Waals surface area (Å²) in [5.41, 5.74) is 2.36. The molecule has 1 aliphatic heterocycles. The summed E-state index contributed by atoms with van der Waals surface area (Å²) in [5, 5.41) is 4.45. The highest BCUT2D eigenvalue weighted by atomic mass is 16.2. The van der Waals surface area contributed by atoms with Gasteiger partial charge in [-0.15, -0.1) is 0 Å². The molecule has 1 saturated heterocycles. The van der Waals surface area contributed by atoms with E-state index in [1.807, 2.05) is 11.1 Å². The second kappa shape index (κ2) is 5.45. The number of fused-ring (bicyclic) bond motifs is 1. The van der Waals surface area contributed by atoms with Crippen molar-refractivity contribution in [3.63, 3.8) is 0 Å². The molecule has 1 aliphatic rings. The molecule has 0 bridgehead atoms. The van der Waals surface area contributed by atoms with Crippen molar-refractivity contribution in [1.29, 1.82) is 0 Å². The fraction of sp³-hybridized carbons (Fsp3) is 0.400. The summed E-state index contributed by atoms with van der Waals surface area (Å²) in [7, 11) is 0. The van der Waals surface area contributed by atoms with E-state index in [1.165, 1.54) is 10.9 Å².